The standard InChI is InChI=1S/C10H15N3O/c1-12-9-5-3-2-4-8(9)10(14)13-7-6-11/h2-5,12H,6-7,11H2,1H3,(H,13,14). The Balaban J connectivity index is 2.78. The number of nitrogens with two attached hydrogens (primary N) is 1. The van der Waals surface area contributed by atoms with Gasteiger partial charge in [0.2, 0.25) is 0 Å². The van der Waals surface area contributed by atoms with Crippen molar-refractivity contribution in [1.29, 1.82) is 0 Å². The third kappa shape index (κ3) is 2.47. The summed E-state index contributed by atoms with van der Waals surface area (Å²) >= 11 is 0. The van der Waals surface area contributed by atoms with E-state index in [1.165, 1.54) is 0 Å². The smallest absolute Gasteiger partial charge is 0.253 e. The maximum atomic E-state index is 11.6. The second kappa shape index (κ2) is 5.24. The predicted octanol–water partition coefficient (Wildman–Crippen LogP) is 0.417. The quantitative estimate of drug-likeness (QED) is 0.649. The van der Waals surface area contributed by atoms with E-state index in [1.807, 2.05) is 18.2 Å². The summed E-state index contributed by atoms with van der Waals surface area (Å²) in [5.41, 5.74) is 6.76. The molecule has 1 aromatic carbocycles. The van der Waals surface area contributed by atoms with Crippen LogP contribution in [0.1, 0.15) is 10.4 Å². The van der Waals surface area contributed by atoms with Gasteiger partial charge >= 0.3 is 0 Å². The highest BCUT2D eigenvalue weighted by Gasteiger charge is 2.07. The molecule has 0 aromatic heterocycles. The van der Waals surface area contributed by atoms with Gasteiger partial charge in [0.05, 0.1) is 5.56 Å². The molecule has 0 spiro atoms. The summed E-state index contributed by atoms with van der Waals surface area (Å²) in [5.74, 6) is -0.0969. The molecular formula is C10H15N3O. The fraction of sp³-hybridized carbons (Fsp3) is 0.300. The fourth-order valence-electron chi connectivity index (χ4n) is 1.18. The van der Waals surface area contributed by atoms with Crippen LogP contribution in [0.4, 0.5) is 5.69 Å². The van der Waals surface area contributed by atoms with Crippen LogP contribution in [0.2, 0.25) is 0 Å². The maximum absolute atomic E-state index is 11.6. The van der Waals surface area contributed by atoms with Crippen LogP contribution in [0.5, 0.6) is 0 Å². The van der Waals surface area contributed by atoms with Crippen LogP contribution in [0.3, 0.4) is 0 Å². The van der Waals surface area contributed by atoms with Crippen LogP contribution < -0.4 is 16.4 Å². The van der Waals surface area contributed by atoms with Crippen molar-refractivity contribution in [2.45, 2.75) is 0 Å². The number of nitrogens with one attached hydrogen (secondary N) is 2. The Labute approximate surface area is 83.5 Å². The van der Waals surface area contributed by atoms with Gasteiger partial charge in [0.15, 0.2) is 0 Å². The van der Waals surface area contributed by atoms with E-state index in [0.29, 0.717) is 18.7 Å². The highest BCUT2D eigenvalue weighted by Crippen LogP contribution is 2.13. The van der Waals surface area contributed by atoms with Gasteiger partial charge in [-0.25, -0.2) is 0 Å². The Bertz CT molecular complexity index is 312. The Morgan fingerprint density at radius 1 is 1.43 bits per heavy atom. The van der Waals surface area contributed by atoms with Crippen LogP contribution >= 0.6 is 0 Å². The third-order valence-electron chi connectivity index (χ3n) is 1.87. The topological polar surface area (TPSA) is 67.2 Å². The number of amides is 1. The van der Waals surface area contributed by atoms with Gasteiger partial charge in [-0.2, -0.15) is 0 Å². The van der Waals surface area contributed by atoms with Crippen molar-refractivity contribution in [3.63, 3.8) is 0 Å². The first-order chi connectivity index (χ1) is 6.79. The van der Waals surface area contributed by atoms with Crippen LogP contribution in [-0.4, -0.2) is 26.0 Å². The zero-order chi connectivity index (χ0) is 10.4. The Morgan fingerprint density at radius 3 is 2.79 bits per heavy atom. The highest BCUT2D eigenvalue weighted by atomic mass is 16.1. The second-order valence-electron chi connectivity index (χ2n) is 2.84. The van der Waals surface area contributed by atoms with Crippen molar-refractivity contribution in [3.8, 4) is 0 Å². The summed E-state index contributed by atoms with van der Waals surface area (Å²) in [5, 5.41) is 5.68. The summed E-state index contributed by atoms with van der Waals surface area (Å²) in [6, 6.07) is 7.35. The number of para-hydroxylation sites is 1. The molecule has 4 heteroatoms. The van der Waals surface area contributed by atoms with Gasteiger partial charge in [-0.15, -0.1) is 0 Å². The minimum absolute atomic E-state index is 0.0969. The summed E-state index contributed by atoms with van der Waals surface area (Å²) in [6.07, 6.45) is 0. The third-order valence-corrected chi connectivity index (χ3v) is 1.87. The van der Waals surface area contributed by atoms with E-state index in [1.54, 1.807) is 13.1 Å². The Hall–Kier alpha value is -1.55. The predicted molar refractivity (Wildman–Crippen MR) is 57.4 cm³/mol. The molecule has 4 nitrogen and oxygen atoms in total. The molecule has 0 fully saturated rings. The second-order valence-corrected chi connectivity index (χ2v) is 2.84. The van der Waals surface area contributed by atoms with Gasteiger partial charge in [0, 0.05) is 25.8 Å². The first-order valence-electron chi connectivity index (χ1n) is 4.54. The normalized spacial score (nSPS) is 9.57. The van der Waals surface area contributed by atoms with Crippen molar-refractivity contribution >= 4 is 11.6 Å². The van der Waals surface area contributed by atoms with E-state index in [4.69, 9.17) is 5.73 Å². The summed E-state index contributed by atoms with van der Waals surface area (Å²) in [4.78, 5) is 11.6. The SMILES string of the molecule is CNc1ccccc1C(=O)NCCN. The van der Waals surface area contributed by atoms with E-state index in [2.05, 4.69) is 10.6 Å². The fourth-order valence-corrected chi connectivity index (χ4v) is 1.18. The maximum Gasteiger partial charge on any atom is 0.253 e. The number of rotatable bonds is 4. The number of anilines is 1. The molecule has 76 valence electrons. The Morgan fingerprint density at radius 2 is 2.14 bits per heavy atom. The molecule has 0 saturated carbocycles. The number of hydrogen-bond acceptors (Lipinski definition) is 3. The zero-order valence-corrected chi connectivity index (χ0v) is 8.21. The van der Waals surface area contributed by atoms with Gasteiger partial charge in [0.1, 0.15) is 0 Å². The molecule has 0 aliphatic carbocycles. The molecule has 0 saturated heterocycles. The van der Waals surface area contributed by atoms with Crippen LogP contribution in [0.15, 0.2) is 24.3 Å². The van der Waals surface area contributed by atoms with Crippen LogP contribution in [0.25, 0.3) is 0 Å². The molecule has 1 rings (SSSR count). The number of hydrogen-bond donors (Lipinski definition) is 3. The zero-order valence-electron chi connectivity index (χ0n) is 8.21. The van der Waals surface area contributed by atoms with E-state index < -0.39 is 0 Å². The molecule has 0 heterocycles. The number of carbonyl (C=O) groups is 1. The van der Waals surface area contributed by atoms with Gasteiger partial charge in [0.25, 0.3) is 5.91 Å². The van der Waals surface area contributed by atoms with Crippen molar-refractivity contribution in [2.24, 2.45) is 5.73 Å². The lowest BCUT2D eigenvalue weighted by Gasteiger charge is -2.08. The average molecular weight is 193 g/mol. The molecule has 14 heavy (non-hydrogen) atoms. The molecule has 1 aromatic rings. The molecule has 0 aliphatic rings. The summed E-state index contributed by atoms with van der Waals surface area (Å²) in [6.45, 7) is 0.949. The van der Waals surface area contributed by atoms with Gasteiger partial charge in [-0.1, -0.05) is 12.1 Å². The van der Waals surface area contributed by atoms with E-state index in [9.17, 15) is 4.79 Å². The largest absolute Gasteiger partial charge is 0.387 e. The molecule has 0 unspecified atom stereocenters. The monoisotopic (exact) mass is 193 g/mol. The lowest BCUT2D eigenvalue weighted by molar-refractivity contribution is 0.0955. The minimum Gasteiger partial charge on any atom is -0.387 e. The molecule has 0 bridgehead atoms. The van der Waals surface area contributed by atoms with Crippen LogP contribution in [-0.2, 0) is 0 Å². The minimum atomic E-state index is -0.0969. The lowest BCUT2D eigenvalue weighted by atomic mass is 10.1. The summed E-state index contributed by atoms with van der Waals surface area (Å²) < 4.78 is 0. The van der Waals surface area contributed by atoms with Crippen molar-refractivity contribution < 1.29 is 4.79 Å². The molecule has 4 N–H and O–H groups in total. The molecule has 0 atom stereocenters. The van der Waals surface area contributed by atoms with Crippen molar-refractivity contribution in [1.82, 2.24) is 5.32 Å². The summed E-state index contributed by atoms with van der Waals surface area (Å²) in [7, 11) is 1.79. The first kappa shape index (κ1) is 10.5. The van der Waals surface area contributed by atoms with E-state index in [-0.39, 0.29) is 5.91 Å². The lowest BCUT2D eigenvalue weighted by Crippen LogP contribution is -2.29. The first-order valence-corrected chi connectivity index (χ1v) is 4.54. The molecule has 1 amide bonds. The van der Waals surface area contributed by atoms with E-state index in [0.717, 1.165) is 5.69 Å². The number of benzene rings is 1. The average Bonchev–Trinajstić information content (AvgIpc) is 2.25. The van der Waals surface area contributed by atoms with Gasteiger partial charge in [-0.05, 0) is 12.1 Å². The van der Waals surface area contributed by atoms with Crippen molar-refractivity contribution in [3.05, 3.63) is 29.8 Å². The molecular weight excluding hydrogens is 178 g/mol. The molecule has 0 aliphatic heterocycles. The highest BCUT2D eigenvalue weighted by molar-refractivity contribution is 5.99. The Kier molecular flexibility index (Phi) is 3.94. The van der Waals surface area contributed by atoms with Crippen molar-refractivity contribution in [2.75, 3.05) is 25.5 Å². The van der Waals surface area contributed by atoms with Gasteiger partial charge in [-0.3, -0.25) is 4.79 Å². The van der Waals surface area contributed by atoms with E-state index >= 15 is 0 Å². The molecule has 0 radical (unpaired) electrons. The van der Waals surface area contributed by atoms with Gasteiger partial charge < -0.3 is 16.4 Å². The van der Waals surface area contributed by atoms with Crippen LogP contribution in [0, 0.1) is 0 Å². The number of carbonyl (C=O) groups excluding carboxylic acids is 1.